The topological polar surface area (TPSA) is 117 Å². The van der Waals surface area contributed by atoms with Crippen LogP contribution in [0.5, 0.6) is 5.75 Å². The number of hydrogen-bond donors (Lipinski definition) is 3. The largest absolute Gasteiger partial charge is 0.488 e. The fraction of sp³-hybridized carbons (Fsp3) is 0.333. The van der Waals surface area contributed by atoms with Gasteiger partial charge in [0.05, 0.1) is 35.3 Å². The molecule has 0 radical (unpaired) electrons. The second-order valence-electron chi connectivity index (χ2n) is 10.9. The van der Waals surface area contributed by atoms with Gasteiger partial charge in [0.1, 0.15) is 17.1 Å². The van der Waals surface area contributed by atoms with Crippen LogP contribution in [-0.4, -0.2) is 50.1 Å². The van der Waals surface area contributed by atoms with Gasteiger partial charge in [-0.2, -0.15) is 18.3 Å². The summed E-state index contributed by atoms with van der Waals surface area (Å²) in [5.74, 6) is -1.18. The van der Waals surface area contributed by atoms with Crippen LogP contribution >= 0.6 is 0 Å². The molecule has 0 spiro atoms. The van der Waals surface area contributed by atoms with E-state index >= 15 is 0 Å². The number of carbonyl (C=O) groups excluding carboxylic acids is 1. The van der Waals surface area contributed by atoms with Crippen molar-refractivity contribution in [1.29, 1.82) is 0 Å². The number of pyridine rings is 1. The molecule has 0 saturated heterocycles. The number of hydrogen-bond acceptors (Lipinski definition) is 7. The Hall–Kier alpha value is -4.16. The molecule has 0 aliphatic heterocycles. The van der Waals surface area contributed by atoms with Crippen molar-refractivity contribution in [3.8, 4) is 17.0 Å². The predicted octanol–water partition coefficient (Wildman–Crippen LogP) is 5.09. The van der Waals surface area contributed by atoms with E-state index in [2.05, 4.69) is 20.5 Å². The molecule has 3 N–H and O–H groups in total. The molecule has 42 heavy (non-hydrogen) atoms. The Bertz CT molecular complexity index is 1650. The van der Waals surface area contributed by atoms with Crippen molar-refractivity contribution in [2.24, 2.45) is 0 Å². The molecule has 4 aromatic rings. The van der Waals surface area contributed by atoms with E-state index < -0.39 is 41.3 Å². The molecule has 2 aromatic carbocycles. The number of aryl methyl sites for hydroxylation is 1. The van der Waals surface area contributed by atoms with Gasteiger partial charge in [0.15, 0.2) is 0 Å². The first-order valence-corrected chi connectivity index (χ1v) is 13.2. The zero-order valence-electron chi connectivity index (χ0n) is 23.0. The Morgan fingerprint density at radius 3 is 2.33 bits per heavy atom. The molecular weight excluding hydrogens is 556 g/mol. The van der Waals surface area contributed by atoms with E-state index in [1.807, 2.05) is 0 Å². The molecule has 2 aromatic heterocycles. The van der Waals surface area contributed by atoms with Crippen LogP contribution in [0.1, 0.15) is 54.0 Å². The zero-order chi connectivity index (χ0) is 30.4. The van der Waals surface area contributed by atoms with Gasteiger partial charge < -0.3 is 20.3 Å². The van der Waals surface area contributed by atoms with Crippen LogP contribution in [0.2, 0.25) is 0 Å². The number of halogens is 4. The number of benzene rings is 2. The first-order chi connectivity index (χ1) is 19.6. The Kier molecular flexibility index (Phi) is 7.40. The Morgan fingerprint density at radius 2 is 1.71 bits per heavy atom. The highest BCUT2D eigenvalue weighted by atomic mass is 19.4. The number of amides is 1. The first kappa shape index (κ1) is 29.3. The van der Waals surface area contributed by atoms with Gasteiger partial charge in [0.2, 0.25) is 5.60 Å². The molecule has 8 nitrogen and oxygen atoms in total. The SMILES string of the molecule is Cc1cc2cc(C(=O)NC[C@](O)(c3cc(C(C)(C)O)cc(-c4ccc(F)cc4)n3)C(F)(F)F)cc(OC3CC3)c2nn1. The highest BCUT2D eigenvalue weighted by Crippen LogP contribution is 2.40. The van der Waals surface area contributed by atoms with E-state index in [-0.39, 0.29) is 34.2 Å². The minimum atomic E-state index is -5.29. The Morgan fingerprint density at radius 1 is 1.02 bits per heavy atom. The monoisotopic (exact) mass is 584 g/mol. The van der Waals surface area contributed by atoms with Crippen molar-refractivity contribution in [2.45, 2.75) is 57.1 Å². The van der Waals surface area contributed by atoms with Crippen LogP contribution in [0.3, 0.4) is 0 Å². The van der Waals surface area contributed by atoms with Gasteiger partial charge in [0.25, 0.3) is 5.91 Å². The van der Waals surface area contributed by atoms with Gasteiger partial charge in [-0.3, -0.25) is 4.79 Å². The number of aliphatic hydroxyl groups is 2. The molecule has 12 heteroatoms. The lowest BCUT2D eigenvalue weighted by Gasteiger charge is -2.32. The standard InChI is InChI=1S/C30H28F4N4O4/c1-16-10-18-11-19(12-24(26(18)38-37-16)42-22-8-9-22)27(39)35-15-29(41,30(32,33)34)25-14-20(28(2,3)40)13-23(36-25)17-4-6-21(31)7-5-17/h4-7,10-14,22,40-41H,8-9,15H2,1-3H3,(H,35,39)/t29-/m0/s1. The van der Waals surface area contributed by atoms with E-state index in [4.69, 9.17) is 4.74 Å². The quantitative estimate of drug-likeness (QED) is 0.247. The Balaban J connectivity index is 1.52. The van der Waals surface area contributed by atoms with Gasteiger partial charge in [0, 0.05) is 16.5 Å². The number of nitrogens with one attached hydrogen (secondary N) is 1. The van der Waals surface area contributed by atoms with Crippen molar-refractivity contribution >= 4 is 16.8 Å². The van der Waals surface area contributed by atoms with E-state index in [9.17, 15) is 32.6 Å². The maximum absolute atomic E-state index is 14.5. The van der Waals surface area contributed by atoms with Crippen LogP contribution in [0.15, 0.2) is 54.6 Å². The van der Waals surface area contributed by atoms with E-state index in [0.29, 0.717) is 16.6 Å². The van der Waals surface area contributed by atoms with Crippen molar-refractivity contribution in [3.63, 3.8) is 0 Å². The molecule has 1 fully saturated rings. The van der Waals surface area contributed by atoms with E-state index in [1.54, 1.807) is 13.0 Å². The summed E-state index contributed by atoms with van der Waals surface area (Å²) in [5, 5.41) is 32.6. The number of rotatable bonds is 8. The Labute approximate surface area is 238 Å². The molecule has 0 unspecified atom stereocenters. The van der Waals surface area contributed by atoms with Gasteiger partial charge in [-0.15, -0.1) is 5.10 Å². The number of ether oxygens (including phenoxy) is 1. The third kappa shape index (κ3) is 6.04. The summed E-state index contributed by atoms with van der Waals surface area (Å²) in [6.45, 7) is 3.15. The number of aromatic nitrogens is 3. The number of fused-ring (bicyclic) bond motifs is 1. The second kappa shape index (κ2) is 10.6. The van der Waals surface area contributed by atoms with E-state index in [1.165, 1.54) is 44.2 Å². The normalized spacial score (nSPS) is 15.4. The molecule has 220 valence electrons. The van der Waals surface area contributed by atoms with Crippen LogP contribution in [0, 0.1) is 12.7 Å². The number of carbonyl (C=O) groups is 1. The van der Waals surface area contributed by atoms with Crippen molar-refractivity contribution < 1.29 is 37.3 Å². The minimum Gasteiger partial charge on any atom is -0.488 e. The third-order valence-electron chi connectivity index (χ3n) is 6.93. The van der Waals surface area contributed by atoms with Crippen molar-refractivity contribution in [3.05, 3.63) is 82.9 Å². The third-order valence-corrected chi connectivity index (χ3v) is 6.93. The molecular formula is C30H28F4N4O4. The molecule has 1 saturated carbocycles. The molecule has 1 atom stereocenters. The van der Waals surface area contributed by atoms with Crippen LogP contribution in [-0.2, 0) is 11.2 Å². The van der Waals surface area contributed by atoms with Gasteiger partial charge in [-0.25, -0.2) is 9.37 Å². The van der Waals surface area contributed by atoms with Crippen LogP contribution in [0.4, 0.5) is 17.6 Å². The smallest absolute Gasteiger partial charge is 0.424 e. The molecule has 1 amide bonds. The van der Waals surface area contributed by atoms with Gasteiger partial charge >= 0.3 is 6.18 Å². The molecule has 2 heterocycles. The minimum absolute atomic E-state index is 0.000257. The van der Waals surface area contributed by atoms with Gasteiger partial charge in [-0.05, 0) is 93.8 Å². The first-order valence-electron chi connectivity index (χ1n) is 13.2. The molecule has 0 bridgehead atoms. The van der Waals surface area contributed by atoms with Crippen LogP contribution < -0.4 is 10.1 Å². The summed E-state index contributed by atoms with van der Waals surface area (Å²) in [7, 11) is 0. The average molecular weight is 585 g/mol. The summed E-state index contributed by atoms with van der Waals surface area (Å²) in [6, 6.07) is 11.7. The number of nitrogens with zero attached hydrogens (tertiary/aromatic N) is 3. The fourth-order valence-electron chi connectivity index (χ4n) is 4.33. The lowest BCUT2D eigenvalue weighted by molar-refractivity contribution is -0.265. The summed E-state index contributed by atoms with van der Waals surface area (Å²) in [5.41, 5.74) is -4.89. The highest BCUT2D eigenvalue weighted by molar-refractivity contribution is 5.99. The molecule has 1 aliphatic carbocycles. The number of alkyl halides is 3. The zero-order valence-corrected chi connectivity index (χ0v) is 23.0. The van der Waals surface area contributed by atoms with Crippen molar-refractivity contribution in [2.75, 3.05) is 6.54 Å². The second-order valence-corrected chi connectivity index (χ2v) is 10.9. The summed E-state index contributed by atoms with van der Waals surface area (Å²) < 4.78 is 63.0. The molecule has 1 aliphatic rings. The molecule has 5 rings (SSSR count). The summed E-state index contributed by atoms with van der Waals surface area (Å²) in [4.78, 5) is 17.3. The lowest BCUT2D eigenvalue weighted by atomic mass is 9.90. The summed E-state index contributed by atoms with van der Waals surface area (Å²) >= 11 is 0. The predicted molar refractivity (Wildman–Crippen MR) is 145 cm³/mol. The maximum atomic E-state index is 14.5. The fourth-order valence-corrected chi connectivity index (χ4v) is 4.33. The van der Waals surface area contributed by atoms with Gasteiger partial charge in [-0.1, -0.05) is 0 Å². The van der Waals surface area contributed by atoms with E-state index in [0.717, 1.165) is 31.0 Å². The van der Waals surface area contributed by atoms with Crippen LogP contribution in [0.25, 0.3) is 22.2 Å². The average Bonchev–Trinajstić information content (AvgIpc) is 3.74. The van der Waals surface area contributed by atoms with Crippen molar-refractivity contribution in [1.82, 2.24) is 20.5 Å². The maximum Gasteiger partial charge on any atom is 0.424 e. The highest BCUT2D eigenvalue weighted by Gasteiger charge is 2.56. The lowest BCUT2D eigenvalue weighted by Crippen LogP contribution is -2.51. The summed E-state index contributed by atoms with van der Waals surface area (Å²) in [6.07, 6.45) is -3.68.